The smallest absolute Gasteiger partial charge is 0.0361 e. The zero-order chi connectivity index (χ0) is 23.6. The number of hydrogen-bond acceptors (Lipinski definition) is 2. The first-order chi connectivity index (χ1) is 17.8. The van der Waals surface area contributed by atoms with Crippen LogP contribution in [-0.2, 0) is 0 Å². The molecule has 0 bridgehead atoms. The Morgan fingerprint density at radius 1 is 0.417 bits per heavy atom. The molecule has 0 aliphatic carbocycles. The van der Waals surface area contributed by atoms with Gasteiger partial charge in [-0.25, -0.2) is 0 Å². The summed E-state index contributed by atoms with van der Waals surface area (Å²) in [6.45, 7) is 0. The Morgan fingerprint density at radius 3 is 2.14 bits per heavy atom. The van der Waals surface area contributed by atoms with E-state index >= 15 is 0 Å². The van der Waals surface area contributed by atoms with Crippen LogP contribution in [-0.4, -0.2) is 0 Å². The largest absolute Gasteiger partial charge is 0.135 e. The summed E-state index contributed by atoms with van der Waals surface area (Å²) in [4.78, 5) is 2.68. The van der Waals surface area contributed by atoms with Gasteiger partial charge in [-0.05, 0) is 75.2 Å². The van der Waals surface area contributed by atoms with E-state index in [4.69, 9.17) is 0 Å². The summed E-state index contributed by atoms with van der Waals surface area (Å²) in [6.07, 6.45) is 0. The Labute approximate surface area is 217 Å². The van der Waals surface area contributed by atoms with Crippen molar-refractivity contribution in [3.05, 3.63) is 121 Å². The normalized spacial score (nSPS) is 12.3. The van der Waals surface area contributed by atoms with Crippen LogP contribution in [0.3, 0.4) is 0 Å². The monoisotopic (exact) mass is 492 g/mol. The highest BCUT2D eigenvalue weighted by Gasteiger charge is 2.19. The maximum atomic E-state index is 2.38. The molecular formula is C34H20S2. The van der Waals surface area contributed by atoms with E-state index in [1.54, 1.807) is 0 Å². The van der Waals surface area contributed by atoms with Crippen molar-refractivity contribution in [3.8, 4) is 33.4 Å². The lowest BCUT2D eigenvalue weighted by atomic mass is 9.93. The van der Waals surface area contributed by atoms with Crippen molar-refractivity contribution >= 4 is 54.0 Å². The van der Waals surface area contributed by atoms with Crippen molar-refractivity contribution in [2.75, 3.05) is 0 Å². The van der Waals surface area contributed by atoms with Gasteiger partial charge >= 0.3 is 0 Å². The molecule has 0 N–H and O–H groups in total. The predicted octanol–water partition coefficient (Wildman–Crippen LogP) is 10.7. The lowest BCUT2D eigenvalue weighted by Gasteiger charge is -2.21. The molecule has 2 heterocycles. The van der Waals surface area contributed by atoms with Gasteiger partial charge in [-0.2, -0.15) is 0 Å². The third kappa shape index (κ3) is 3.02. The van der Waals surface area contributed by atoms with Crippen molar-refractivity contribution in [3.63, 3.8) is 0 Å². The summed E-state index contributed by atoms with van der Waals surface area (Å²) in [5, 5.41) is 5.39. The van der Waals surface area contributed by atoms with E-state index in [0.717, 1.165) is 0 Å². The van der Waals surface area contributed by atoms with Crippen molar-refractivity contribution in [2.45, 2.75) is 9.79 Å². The standard InChI is InChI=1S/C34H20S2/c1-2-14-29-27(11-1)34-25(12-6-16-32(34)35-29)24-10-3-9-22(19-24)23-17-18-30-28(20-23)26-13-4-7-21-8-5-15-31(36-30)33(21)26/h1-20H. The Balaban J connectivity index is 1.30. The lowest BCUT2D eigenvalue weighted by Crippen LogP contribution is -1.93. The highest BCUT2D eigenvalue weighted by Crippen LogP contribution is 2.49. The lowest BCUT2D eigenvalue weighted by molar-refractivity contribution is 1.39. The van der Waals surface area contributed by atoms with Gasteiger partial charge in [0.15, 0.2) is 0 Å². The first kappa shape index (κ1) is 20.4. The van der Waals surface area contributed by atoms with E-state index in [2.05, 4.69) is 121 Å². The number of rotatable bonds is 2. The van der Waals surface area contributed by atoms with Crippen LogP contribution in [0.25, 0.3) is 64.3 Å². The highest BCUT2D eigenvalue weighted by atomic mass is 32.2. The van der Waals surface area contributed by atoms with E-state index in [1.165, 1.54) is 74.1 Å². The minimum absolute atomic E-state index is 1.25. The molecule has 0 fully saturated rings. The molecule has 8 rings (SSSR count). The fraction of sp³-hybridized carbons (Fsp3) is 0. The summed E-state index contributed by atoms with van der Waals surface area (Å²) >= 11 is 3.76. The molecule has 0 spiro atoms. The van der Waals surface area contributed by atoms with E-state index < -0.39 is 0 Å². The van der Waals surface area contributed by atoms with Gasteiger partial charge in [-0.3, -0.25) is 0 Å². The van der Waals surface area contributed by atoms with Crippen molar-refractivity contribution < 1.29 is 0 Å². The molecule has 6 aromatic carbocycles. The fourth-order valence-electron chi connectivity index (χ4n) is 5.63. The molecule has 0 radical (unpaired) electrons. The Hall–Kier alpha value is -3.85. The van der Waals surface area contributed by atoms with Crippen LogP contribution in [0, 0.1) is 0 Å². The van der Waals surface area contributed by atoms with Crippen LogP contribution in [0.5, 0.6) is 0 Å². The van der Waals surface area contributed by atoms with Gasteiger partial charge in [0.2, 0.25) is 0 Å². The summed E-state index contributed by atoms with van der Waals surface area (Å²) in [5.74, 6) is 0. The molecule has 168 valence electrons. The van der Waals surface area contributed by atoms with Crippen LogP contribution >= 0.6 is 23.1 Å². The van der Waals surface area contributed by atoms with Crippen LogP contribution in [0.4, 0.5) is 0 Å². The molecule has 0 atom stereocenters. The molecule has 7 aromatic rings. The second kappa shape index (κ2) is 7.83. The third-order valence-electron chi connectivity index (χ3n) is 7.27. The van der Waals surface area contributed by atoms with Gasteiger partial charge in [0.05, 0.1) is 0 Å². The van der Waals surface area contributed by atoms with Crippen LogP contribution in [0.2, 0.25) is 0 Å². The summed E-state index contributed by atoms with van der Waals surface area (Å²) in [6, 6.07) is 44.7. The van der Waals surface area contributed by atoms with E-state index in [-0.39, 0.29) is 0 Å². The van der Waals surface area contributed by atoms with Gasteiger partial charge < -0.3 is 0 Å². The maximum Gasteiger partial charge on any atom is 0.0361 e. The molecule has 0 amide bonds. The number of fused-ring (bicyclic) bond motifs is 5. The van der Waals surface area contributed by atoms with Crippen molar-refractivity contribution in [1.29, 1.82) is 0 Å². The quantitative estimate of drug-likeness (QED) is 0.231. The first-order valence-electron chi connectivity index (χ1n) is 12.2. The summed E-state index contributed by atoms with van der Waals surface area (Å²) < 4.78 is 2.69. The van der Waals surface area contributed by atoms with Crippen molar-refractivity contribution in [2.24, 2.45) is 0 Å². The van der Waals surface area contributed by atoms with Crippen LogP contribution in [0.15, 0.2) is 131 Å². The third-order valence-corrected chi connectivity index (χ3v) is 9.54. The molecule has 1 aliphatic rings. The van der Waals surface area contributed by atoms with Crippen molar-refractivity contribution in [1.82, 2.24) is 0 Å². The van der Waals surface area contributed by atoms with E-state index in [0.29, 0.717) is 0 Å². The van der Waals surface area contributed by atoms with Crippen LogP contribution in [0.1, 0.15) is 0 Å². The van der Waals surface area contributed by atoms with Gasteiger partial charge in [0, 0.05) is 35.3 Å². The van der Waals surface area contributed by atoms with E-state index in [9.17, 15) is 0 Å². The molecule has 0 unspecified atom stereocenters. The topological polar surface area (TPSA) is 0 Å². The Kier molecular flexibility index (Phi) is 4.42. The average Bonchev–Trinajstić information content (AvgIpc) is 3.32. The predicted molar refractivity (Wildman–Crippen MR) is 157 cm³/mol. The zero-order valence-corrected chi connectivity index (χ0v) is 21.0. The average molecular weight is 493 g/mol. The van der Waals surface area contributed by atoms with Crippen LogP contribution < -0.4 is 0 Å². The van der Waals surface area contributed by atoms with Gasteiger partial charge in [0.25, 0.3) is 0 Å². The first-order valence-corrected chi connectivity index (χ1v) is 13.8. The minimum Gasteiger partial charge on any atom is -0.135 e. The summed E-state index contributed by atoms with van der Waals surface area (Å²) in [7, 11) is 0. The SMILES string of the molecule is c1cc(-c2ccc3c(c2)-c2cccc4cccc(c24)S3)cc(-c2cccc3sc4ccccc4c23)c1. The Bertz CT molecular complexity index is 1970. The Morgan fingerprint density at radius 2 is 1.17 bits per heavy atom. The second-order valence-corrected chi connectivity index (χ2v) is 11.5. The molecule has 2 heteroatoms. The maximum absolute atomic E-state index is 2.38. The fourth-order valence-corrected chi connectivity index (χ4v) is 7.89. The number of thiophene rings is 1. The molecule has 36 heavy (non-hydrogen) atoms. The molecule has 0 saturated heterocycles. The molecule has 0 nitrogen and oxygen atoms in total. The molecular weight excluding hydrogens is 473 g/mol. The highest BCUT2D eigenvalue weighted by molar-refractivity contribution is 7.99. The van der Waals surface area contributed by atoms with Gasteiger partial charge in [0.1, 0.15) is 0 Å². The van der Waals surface area contributed by atoms with Gasteiger partial charge in [-0.1, -0.05) is 96.7 Å². The number of hydrogen-bond donors (Lipinski definition) is 0. The molecule has 0 saturated carbocycles. The summed E-state index contributed by atoms with van der Waals surface area (Å²) in [5.41, 5.74) is 7.75. The van der Waals surface area contributed by atoms with Gasteiger partial charge in [-0.15, -0.1) is 11.3 Å². The number of benzene rings is 6. The minimum atomic E-state index is 1.25. The zero-order valence-electron chi connectivity index (χ0n) is 19.4. The molecule has 1 aromatic heterocycles. The second-order valence-electron chi connectivity index (χ2n) is 9.33. The molecule has 1 aliphatic heterocycles. The van der Waals surface area contributed by atoms with E-state index in [1.807, 2.05) is 23.1 Å².